The van der Waals surface area contributed by atoms with E-state index < -0.39 is 0 Å². The van der Waals surface area contributed by atoms with Crippen molar-refractivity contribution in [3.63, 3.8) is 0 Å². The molecule has 0 radical (unpaired) electrons. The van der Waals surface area contributed by atoms with Crippen LogP contribution in [0.3, 0.4) is 0 Å². The maximum Gasteiger partial charge on any atom is 0.336 e. The normalized spacial score (nSPS) is 11.0. The summed E-state index contributed by atoms with van der Waals surface area (Å²) in [6, 6.07) is 13.9. The van der Waals surface area contributed by atoms with Crippen molar-refractivity contribution in [1.82, 2.24) is 14.8 Å². The van der Waals surface area contributed by atoms with Gasteiger partial charge < -0.3 is 4.74 Å². The zero-order valence-electron chi connectivity index (χ0n) is 14.3. The van der Waals surface area contributed by atoms with E-state index >= 15 is 0 Å². The first-order valence-corrected chi connectivity index (χ1v) is 8.86. The molecule has 0 aliphatic heterocycles. The molecule has 0 saturated heterocycles. The molecule has 7 heteroatoms. The zero-order chi connectivity index (χ0) is 18.7. The zero-order valence-corrected chi connectivity index (χ0v) is 15.8. The predicted molar refractivity (Wildman–Crippen MR) is 102 cm³/mol. The number of benzene rings is 2. The molecule has 0 atom stereocenters. The molecule has 0 fully saturated rings. The van der Waals surface area contributed by atoms with Gasteiger partial charge in [-0.15, -0.1) is 5.10 Å². The number of rotatable bonds is 5. The molecule has 1 aromatic heterocycles. The molecule has 1 heterocycles. The summed E-state index contributed by atoms with van der Waals surface area (Å²) in [5.41, 5.74) is 1.03. The summed E-state index contributed by atoms with van der Waals surface area (Å²) >= 11 is 12.2. The average molecular weight is 390 g/mol. The Kier molecular flexibility index (Phi) is 5.59. The summed E-state index contributed by atoms with van der Waals surface area (Å²) in [4.78, 5) is 17.3. The maximum atomic E-state index is 12.9. The smallest absolute Gasteiger partial charge is 0.336 e. The molecule has 0 aliphatic rings. The van der Waals surface area contributed by atoms with Crippen LogP contribution in [-0.2, 0) is 0 Å². The van der Waals surface area contributed by atoms with Gasteiger partial charge in [-0.2, -0.15) is 9.67 Å². The number of ether oxygens (including phenoxy) is 1. The van der Waals surface area contributed by atoms with Crippen LogP contribution < -0.4 is 4.74 Å². The van der Waals surface area contributed by atoms with Gasteiger partial charge in [0.25, 0.3) is 5.91 Å². The Morgan fingerprint density at radius 3 is 2.46 bits per heavy atom. The molecule has 5 nitrogen and oxygen atoms in total. The van der Waals surface area contributed by atoms with Crippen LogP contribution in [-0.4, -0.2) is 27.3 Å². The lowest BCUT2D eigenvalue weighted by Crippen LogP contribution is -2.15. The minimum Gasteiger partial charge on any atom is -0.462 e. The minimum atomic E-state index is -0.344. The van der Waals surface area contributed by atoms with Crippen LogP contribution in [0.2, 0.25) is 10.0 Å². The van der Waals surface area contributed by atoms with Gasteiger partial charge in [-0.1, -0.05) is 49.2 Å². The second-order valence-electron chi connectivity index (χ2n) is 6.13. The highest BCUT2D eigenvalue weighted by molar-refractivity contribution is 6.33. The third-order valence-electron chi connectivity index (χ3n) is 3.53. The van der Waals surface area contributed by atoms with E-state index in [2.05, 4.69) is 10.1 Å². The van der Waals surface area contributed by atoms with Crippen LogP contribution in [0.4, 0.5) is 0 Å². The van der Waals surface area contributed by atoms with Crippen LogP contribution in [0.25, 0.3) is 11.4 Å². The monoisotopic (exact) mass is 389 g/mol. The Morgan fingerprint density at radius 1 is 1.12 bits per heavy atom. The van der Waals surface area contributed by atoms with Gasteiger partial charge in [-0.05, 0) is 42.3 Å². The number of hydrogen-bond acceptors (Lipinski definition) is 4. The number of aromatic nitrogens is 3. The average Bonchev–Trinajstić information content (AvgIpc) is 3.04. The van der Waals surface area contributed by atoms with Crippen molar-refractivity contribution in [2.24, 2.45) is 5.92 Å². The van der Waals surface area contributed by atoms with Crippen molar-refractivity contribution in [2.45, 2.75) is 13.8 Å². The van der Waals surface area contributed by atoms with Crippen molar-refractivity contribution in [1.29, 1.82) is 0 Å². The summed E-state index contributed by atoms with van der Waals surface area (Å²) in [5, 5.41) is 5.26. The molecular weight excluding hydrogens is 373 g/mol. The summed E-state index contributed by atoms with van der Waals surface area (Å²) in [6.07, 6.45) is 0. The van der Waals surface area contributed by atoms with Gasteiger partial charge in [0.1, 0.15) is 0 Å². The second kappa shape index (κ2) is 7.89. The SMILES string of the molecule is CC(C)COc1nc(-c2ccccc2Cl)n(C(=O)c2ccc(Cl)cc2)n1. The van der Waals surface area contributed by atoms with Crippen molar-refractivity contribution in [3.8, 4) is 17.4 Å². The molecule has 0 aliphatic carbocycles. The molecule has 134 valence electrons. The molecule has 0 spiro atoms. The summed E-state index contributed by atoms with van der Waals surface area (Å²) in [6.45, 7) is 4.48. The maximum absolute atomic E-state index is 12.9. The molecule has 0 saturated carbocycles. The second-order valence-corrected chi connectivity index (χ2v) is 6.97. The van der Waals surface area contributed by atoms with Gasteiger partial charge >= 0.3 is 6.01 Å². The Hall–Kier alpha value is -2.37. The molecular formula is C19H17Cl2N3O2. The van der Waals surface area contributed by atoms with Gasteiger partial charge in [0.2, 0.25) is 0 Å². The molecule has 2 aromatic carbocycles. The third kappa shape index (κ3) is 4.06. The predicted octanol–water partition coefficient (Wildman–Crippen LogP) is 4.98. The molecule has 0 bridgehead atoms. The van der Waals surface area contributed by atoms with E-state index in [1.54, 1.807) is 36.4 Å². The highest BCUT2D eigenvalue weighted by Crippen LogP contribution is 2.28. The summed E-state index contributed by atoms with van der Waals surface area (Å²) in [7, 11) is 0. The van der Waals surface area contributed by atoms with Crippen LogP contribution in [0.15, 0.2) is 48.5 Å². The largest absolute Gasteiger partial charge is 0.462 e. The van der Waals surface area contributed by atoms with Gasteiger partial charge in [0, 0.05) is 16.1 Å². The van der Waals surface area contributed by atoms with E-state index in [0.29, 0.717) is 39.5 Å². The standard InChI is InChI=1S/C19H17Cl2N3O2/c1-12(2)11-26-19-22-17(15-5-3-4-6-16(15)21)24(23-19)18(25)13-7-9-14(20)10-8-13/h3-10,12H,11H2,1-2H3. The summed E-state index contributed by atoms with van der Waals surface area (Å²) in [5.74, 6) is 0.287. The van der Waals surface area contributed by atoms with Gasteiger partial charge in [-0.25, -0.2) is 0 Å². The number of carbonyl (C=O) groups is 1. The van der Waals surface area contributed by atoms with Crippen LogP contribution >= 0.6 is 23.2 Å². The molecule has 0 amide bonds. The molecule has 26 heavy (non-hydrogen) atoms. The first-order chi connectivity index (χ1) is 12.5. The van der Waals surface area contributed by atoms with Crippen molar-refractivity contribution >= 4 is 29.1 Å². The van der Waals surface area contributed by atoms with Gasteiger partial charge in [0.15, 0.2) is 5.82 Å². The lowest BCUT2D eigenvalue weighted by molar-refractivity contribution is 0.0944. The van der Waals surface area contributed by atoms with E-state index in [9.17, 15) is 4.79 Å². The molecule has 0 N–H and O–H groups in total. The molecule has 3 aromatic rings. The number of nitrogens with zero attached hydrogens (tertiary/aromatic N) is 3. The number of carbonyl (C=O) groups excluding carboxylic acids is 1. The van der Waals surface area contributed by atoms with Crippen LogP contribution in [0.1, 0.15) is 24.2 Å². The lowest BCUT2D eigenvalue weighted by Gasteiger charge is -2.06. The Bertz CT molecular complexity index is 921. The lowest BCUT2D eigenvalue weighted by atomic mass is 10.2. The highest BCUT2D eigenvalue weighted by Gasteiger charge is 2.21. The summed E-state index contributed by atoms with van der Waals surface area (Å²) < 4.78 is 6.80. The van der Waals surface area contributed by atoms with Crippen molar-refractivity contribution in [2.75, 3.05) is 6.61 Å². The fourth-order valence-electron chi connectivity index (χ4n) is 2.27. The fraction of sp³-hybridized carbons (Fsp3) is 0.211. The van der Waals surface area contributed by atoms with E-state index in [4.69, 9.17) is 27.9 Å². The Balaban J connectivity index is 2.05. The first-order valence-electron chi connectivity index (χ1n) is 8.10. The van der Waals surface area contributed by atoms with E-state index in [-0.39, 0.29) is 11.9 Å². The van der Waals surface area contributed by atoms with Crippen LogP contribution in [0, 0.1) is 5.92 Å². The fourth-order valence-corrected chi connectivity index (χ4v) is 2.62. The van der Waals surface area contributed by atoms with E-state index in [0.717, 1.165) is 0 Å². The number of hydrogen-bond donors (Lipinski definition) is 0. The van der Waals surface area contributed by atoms with Crippen molar-refractivity contribution < 1.29 is 9.53 Å². The highest BCUT2D eigenvalue weighted by atomic mass is 35.5. The topological polar surface area (TPSA) is 57.0 Å². The van der Waals surface area contributed by atoms with E-state index in [1.165, 1.54) is 4.68 Å². The van der Waals surface area contributed by atoms with Gasteiger partial charge in [0.05, 0.1) is 11.6 Å². The molecule has 3 rings (SSSR count). The Morgan fingerprint density at radius 2 is 1.81 bits per heavy atom. The van der Waals surface area contributed by atoms with E-state index in [1.807, 2.05) is 26.0 Å². The number of halogens is 2. The quantitative estimate of drug-likeness (QED) is 0.617. The Labute approximate surface area is 161 Å². The molecule has 0 unspecified atom stereocenters. The van der Waals surface area contributed by atoms with Gasteiger partial charge in [-0.3, -0.25) is 4.79 Å². The van der Waals surface area contributed by atoms with Crippen LogP contribution in [0.5, 0.6) is 6.01 Å². The minimum absolute atomic E-state index is 0.135. The first kappa shape index (κ1) is 18.4. The third-order valence-corrected chi connectivity index (χ3v) is 4.11. The van der Waals surface area contributed by atoms with Crippen molar-refractivity contribution in [3.05, 3.63) is 64.1 Å².